The number of unbranched alkanes of at least 4 members (excludes halogenated alkanes) is 11. The van der Waals surface area contributed by atoms with Crippen LogP contribution in [0.15, 0.2) is 0 Å². The summed E-state index contributed by atoms with van der Waals surface area (Å²) in [5.41, 5.74) is 0. The molecule has 0 aliphatic carbocycles. The van der Waals surface area contributed by atoms with E-state index < -0.39 is 0 Å². The van der Waals surface area contributed by atoms with Gasteiger partial charge < -0.3 is 0 Å². The molecule has 0 aromatic rings. The van der Waals surface area contributed by atoms with Crippen molar-refractivity contribution in [2.45, 2.75) is 124 Å². The van der Waals surface area contributed by atoms with E-state index >= 15 is 0 Å². The Morgan fingerprint density at radius 2 is 1.00 bits per heavy atom. The minimum Gasteiger partial charge on any atom is -0.299 e. The summed E-state index contributed by atoms with van der Waals surface area (Å²) in [6, 6.07) is 0. The number of ketones is 1. The lowest BCUT2D eigenvalue weighted by molar-refractivity contribution is -0.123. The Hall–Kier alpha value is -0.330. The summed E-state index contributed by atoms with van der Waals surface area (Å²) in [5, 5.41) is 0. The van der Waals surface area contributed by atoms with Crippen LogP contribution in [0, 0.1) is 5.92 Å². The summed E-state index contributed by atoms with van der Waals surface area (Å²) in [6.07, 6.45) is 20.7. The van der Waals surface area contributed by atoms with Crippen LogP contribution < -0.4 is 0 Å². The molecule has 0 aliphatic rings. The number of carbonyl (C=O) groups is 1. The minimum atomic E-state index is 0.364. The molecular weight excluding hydrogens is 268 g/mol. The zero-order valence-electron chi connectivity index (χ0n) is 15.8. The molecule has 22 heavy (non-hydrogen) atoms. The highest BCUT2D eigenvalue weighted by Gasteiger charge is 2.15. The van der Waals surface area contributed by atoms with E-state index in [9.17, 15) is 4.79 Å². The highest BCUT2D eigenvalue weighted by atomic mass is 16.1. The van der Waals surface area contributed by atoms with E-state index in [4.69, 9.17) is 0 Å². The minimum absolute atomic E-state index is 0.364. The van der Waals surface area contributed by atoms with Gasteiger partial charge in [-0.15, -0.1) is 0 Å². The summed E-state index contributed by atoms with van der Waals surface area (Å²) < 4.78 is 0. The van der Waals surface area contributed by atoms with Crippen LogP contribution in [-0.4, -0.2) is 5.78 Å². The average Bonchev–Trinajstić information content (AvgIpc) is 2.54. The summed E-state index contributed by atoms with van der Waals surface area (Å²) in [7, 11) is 0. The van der Waals surface area contributed by atoms with Gasteiger partial charge in [0.05, 0.1) is 0 Å². The number of hydrogen-bond donors (Lipinski definition) is 0. The van der Waals surface area contributed by atoms with Crippen molar-refractivity contribution in [2.75, 3.05) is 0 Å². The van der Waals surface area contributed by atoms with Crippen molar-refractivity contribution in [2.24, 2.45) is 5.92 Å². The number of rotatable bonds is 17. The zero-order chi connectivity index (χ0) is 16.5. The molecule has 1 heteroatoms. The Morgan fingerprint density at radius 3 is 1.45 bits per heavy atom. The first kappa shape index (κ1) is 21.7. The second-order valence-corrected chi connectivity index (χ2v) is 6.98. The van der Waals surface area contributed by atoms with E-state index in [-0.39, 0.29) is 0 Å². The quantitative estimate of drug-likeness (QED) is 0.255. The van der Waals surface area contributed by atoms with Gasteiger partial charge in [-0.3, -0.25) is 4.79 Å². The van der Waals surface area contributed by atoms with Gasteiger partial charge in [0, 0.05) is 12.3 Å². The Morgan fingerprint density at radius 1 is 0.591 bits per heavy atom. The molecule has 1 nitrogen and oxygen atoms in total. The fourth-order valence-corrected chi connectivity index (χ4v) is 3.26. The predicted molar refractivity (Wildman–Crippen MR) is 99.4 cm³/mol. The van der Waals surface area contributed by atoms with Gasteiger partial charge in [-0.25, -0.2) is 0 Å². The second kappa shape index (κ2) is 17.0. The first-order valence-corrected chi connectivity index (χ1v) is 10.3. The van der Waals surface area contributed by atoms with E-state index in [1.807, 2.05) is 6.92 Å². The van der Waals surface area contributed by atoms with Gasteiger partial charge in [0.1, 0.15) is 5.78 Å². The average molecular weight is 311 g/mol. The molecule has 0 aromatic heterocycles. The van der Waals surface area contributed by atoms with Crippen LogP contribution in [0.4, 0.5) is 0 Å². The highest BCUT2D eigenvalue weighted by molar-refractivity contribution is 5.80. The lowest BCUT2D eigenvalue weighted by Gasteiger charge is -2.14. The molecule has 0 saturated carbocycles. The lowest BCUT2D eigenvalue weighted by atomic mass is 9.90. The van der Waals surface area contributed by atoms with Gasteiger partial charge >= 0.3 is 0 Å². The largest absolute Gasteiger partial charge is 0.299 e. The highest BCUT2D eigenvalue weighted by Crippen LogP contribution is 2.20. The van der Waals surface area contributed by atoms with Gasteiger partial charge in [0.25, 0.3) is 0 Å². The molecule has 0 N–H and O–H groups in total. The van der Waals surface area contributed by atoms with E-state index in [0.717, 1.165) is 19.3 Å². The second-order valence-electron chi connectivity index (χ2n) is 6.98. The molecule has 1 unspecified atom stereocenters. The first-order valence-electron chi connectivity index (χ1n) is 10.3. The smallest absolute Gasteiger partial charge is 0.135 e. The summed E-state index contributed by atoms with van der Waals surface area (Å²) in [4.78, 5) is 11.9. The molecule has 0 rings (SSSR count). The Labute approximate surface area is 140 Å². The van der Waals surface area contributed by atoms with Crippen molar-refractivity contribution in [1.82, 2.24) is 0 Å². The first-order chi connectivity index (χ1) is 10.8. The Bertz CT molecular complexity index is 234. The van der Waals surface area contributed by atoms with Crippen molar-refractivity contribution in [3.05, 3.63) is 0 Å². The van der Waals surface area contributed by atoms with Crippen LogP contribution in [0.1, 0.15) is 124 Å². The predicted octanol–water partition coefficient (Wildman–Crippen LogP) is 7.47. The van der Waals surface area contributed by atoms with Gasteiger partial charge in [0.2, 0.25) is 0 Å². The van der Waals surface area contributed by atoms with Crippen LogP contribution >= 0.6 is 0 Å². The molecule has 132 valence electrons. The molecule has 0 heterocycles. The molecule has 0 spiro atoms. The van der Waals surface area contributed by atoms with E-state index in [0.29, 0.717) is 11.7 Å². The van der Waals surface area contributed by atoms with Crippen LogP contribution in [0.2, 0.25) is 0 Å². The van der Waals surface area contributed by atoms with Gasteiger partial charge in [0.15, 0.2) is 0 Å². The van der Waals surface area contributed by atoms with Crippen LogP contribution in [-0.2, 0) is 4.79 Å². The monoisotopic (exact) mass is 310 g/mol. The summed E-state index contributed by atoms with van der Waals surface area (Å²) in [6.45, 7) is 6.51. The van der Waals surface area contributed by atoms with Crippen molar-refractivity contribution in [3.8, 4) is 0 Å². The fourth-order valence-electron chi connectivity index (χ4n) is 3.26. The van der Waals surface area contributed by atoms with Gasteiger partial charge in [-0.05, 0) is 12.8 Å². The van der Waals surface area contributed by atoms with Crippen LogP contribution in [0.5, 0.6) is 0 Å². The topological polar surface area (TPSA) is 17.1 Å². The van der Waals surface area contributed by atoms with E-state index in [1.165, 1.54) is 83.5 Å². The Kier molecular flexibility index (Phi) is 16.8. The van der Waals surface area contributed by atoms with E-state index in [1.54, 1.807) is 0 Å². The molecular formula is C21H42O. The van der Waals surface area contributed by atoms with Crippen LogP contribution in [0.3, 0.4) is 0 Å². The SMILES string of the molecule is CCCCCCCCCCCCCC(CCCC)C(=O)CC. The number of Topliss-reactive ketones (excluding diaryl/α,β-unsaturated/α-hetero) is 1. The summed E-state index contributed by atoms with van der Waals surface area (Å²) >= 11 is 0. The maximum absolute atomic E-state index is 11.9. The molecule has 0 amide bonds. The fraction of sp³-hybridized carbons (Fsp3) is 0.952. The maximum atomic E-state index is 11.9. The molecule has 0 fully saturated rings. The molecule has 1 atom stereocenters. The van der Waals surface area contributed by atoms with Crippen molar-refractivity contribution in [1.29, 1.82) is 0 Å². The third kappa shape index (κ3) is 13.3. The van der Waals surface area contributed by atoms with Crippen LogP contribution in [0.25, 0.3) is 0 Å². The van der Waals surface area contributed by atoms with Gasteiger partial charge in [-0.2, -0.15) is 0 Å². The number of carbonyl (C=O) groups excluding carboxylic acids is 1. The van der Waals surface area contributed by atoms with Crippen molar-refractivity contribution >= 4 is 5.78 Å². The standard InChI is InChI=1S/C21H42O/c1-4-7-9-10-11-12-13-14-15-16-17-19-20(18-8-5-2)21(22)6-3/h20H,4-19H2,1-3H3. The van der Waals surface area contributed by atoms with Gasteiger partial charge in [-0.1, -0.05) is 104 Å². The molecule has 0 bridgehead atoms. The summed E-state index contributed by atoms with van der Waals surface area (Å²) in [5.74, 6) is 0.865. The van der Waals surface area contributed by atoms with Crippen molar-refractivity contribution < 1.29 is 4.79 Å². The maximum Gasteiger partial charge on any atom is 0.135 e. The lowest BCUT2D eigenvalue weighted by Crippen LogP contribution is -2.13. The third-order valence-electron chi connectivity index (χ3n) is 4.87. The molecule has 0 saturated heterocycles. The zero-order valence-corrected chi connectivity index (χ0v) is 15.8. The normalized spacial score (nSPS) is 12.5. The molecule has 0 aliphatic heterocycles. The molecule has 0 aromatic carbocycles. The van der Waals surface area contributed by atoms with Crippen molar-refractivity contribution in [3.63, 3.8) is 0 Å². The Balaban J connectivity index is 3.43. The third-order valence-corrected chi connectivity index (χ3v) is 4.87. The van der Waals surface area contributed by atoms with E-state index in [2.05, 4.69) is 13.8 Å². The number of hydrogen-bond acceptors (Lipinski definition) is 1. The molecule has 0 radical (unpaired) electrons.